The molecular weight excluding hydrogens is 394 g/mol. The number of ether oxygens (including phenoxy) is 1. The van der Waals surface area contributed by atoms with E-state index in [1.165, 1.54) is 0 Å². The van der Waals surface area contributed by atoms with E-state index < -0.39 is 16.1 Å². The fraction of sp³-hybridized carbons (Fsp3) is 0.526. The van der Waals surface area contributed by atoms with Gasteiger partial charge in [-0.05, 0) is 30.4 Å². The van der Waals surface area contributed by atoms with Crippen LogP contribution in [0, 0.1) is 6.92 Å². The largest absolute Gasteiger partial charge is 0.477 e. The number of nitrogens with one attached hydrogen (secondary N) is 2. The molecule has 0 aliphatic carbocycles. The number of urea groups is 1. The third-order valence-electron chi connectivity index (χ3n) is 4.29. The zero-order valence-corrected chi connectivity index (χ0v) is 18.3. The normalized spacial score (nSPS) is 15.1. The summed E-state index contributed by atoms with van der Waals surface area (Å²) in [4.78, 5) is 20.8. The first-order chi connectivity index (χ1) is 13.6. The number of hydrogen-bond acceptors (Lipinski definition) is 7. The van der Waals surface area contributed by atoms with Gasteiger partial charge in [0.05, 0.1) is 18.0 Å². The molecule has 9 nitrogen and oxygen atoms in total. The molecule has 1 aliphatic heterocycles. The molecule has 0 unspecified atom stereocenters. The maximum absolute atomic E-state index is 12.7. The van der Waals surface area contributed by atoms with Crippen LogP contribution in [0.15, 0.2) is 22.2 Å². The predicted octanol–water partition coefficient (Wildman–Crippen LogP) is 2.71. The maximum Gasteiger partial charge on any atom is 0.333 e. The lowest BCUT2D eigenvalue weighted by atomic mass is 9.96. The number of nitrogens with two attached hydrogens (primary N) is 1. The summed E-state index contributed by atoms with van der Waals surface area (Å²) >= 11 is 0. The number of rotatable bonds is 6. The van der Waals surface area contributed by atoms with Crippen molar-refractivity contribution in [2.24, 2.45) is 10.7 Å². The number of carbonyl (C=O) groups is 1. The minimum atomic E-state index is -4.27. The van der Waals surface area contributed by atoms with Crippen LogP contribution in [0.2, 0.25) is 0 Å². The van der Waals surface area contributed by atoms with Crippen molar-refractivity contribution in [2.75, 3.05) is 18.5 Å². The monoisotopic (exact) mass is 423 g/mol. The van der Waals surface area contributed by atoms with Gasteiger partial charge >= 0.3 is 6.03 Å². The molecule has 0 aromatic carbocycles. The van der Waals surface area contributed by atoms with Gasteiger partial charge in [0.25, 0.3) is 10.0 Å². The quantitative estimate of drug-likeness (QED) is 0.644. The van der Waals surface area contributed by atoms with Crippen LogP contribution in [0.5, 0.6) is 0 Å². The Kier molecular flexibility index (Phi) is 7.23. The Hall–Kier alpha value is -2.62. The van der Waals surface area contributed by atoms with Crippen molar-refractivity contribution < 1.29 is 17.9 Å². The highest BCUT2D eigenvalue weighted by atomic mass is 32.2. The molecule has 29 heavy (non-hydrogen) atoms. The molecule has 4 N–H and O–H groups in total. The first kappa shape index (κ1) is 22.7. The minimum Gasteiger partial charge on any atom is -0.477 e. The van der Waals surface area contributed by atoms with E-state index in [1.807, 2.05) is 45.4 Å². The van der Waals surface area contributed by atoms with Gasteiger partial charge in [0, 0.05) is 24.9 Å². The van der Waals surface area contributed by atoms with Crippen LogP contribution in [-0.2, 0) is 14.8 Å². The van der Waals surface area contributed by atoms with Gasteiger partial charge in [0.2, 0.25) is 5.90 Å². The zero-order valence-electron chi connectivity index (χ0n) is 17.4. The molecule has 2 amide bonds. The van der Waals surface area contributed by atoms with Crippen molar-refractivity contribution in [3.8, 4) is 0 Å². The molecule has 0 fully saturated rings. The van der Waals surface area contributed by atoms with Crippen LogP contribution in [0.4, 0.5) is 10.5 Å². The Bertz CT molecular complexity index is 907. The van der Waals surface area contributed by atoms with Crippen molar-refractivity contribution >= 4 is 27.6 Å². The Morgan fingerprint density at radius 3 is 2.48 bits per heavy atom. The fourth-order valence-electron chi connectivity index (χ4n) is 2.93. The standard InChI is InChI=1S/C19H29N5O4S/c1-11(2)14-9-13(5)22-16(12(3)4)17(14)23-19(25)24-29(26,27)15(10-20)18-21-7-6-8-28-18/h9-12H,6-8,20H2,1-5H3,(H2,23,24,25). The Morgan fingerprint density at radius 1 is 1.28 bits per heavy atom. The molecule has 2 rings (SSSR count). The second kappa shape index (κ2) is 9.25. The molecule has 0 spiro atoms. The van der Waals surface area contributed by atoms with Crippen molar-refractivity contribution in [1.29, 1.82) is 0 Å². The third kappa shape index (κ3) is 5.47. The third-order valence-corrected chi connectivity index (χ3v) is 5.63. The van der Waals surface area contributed by atoms with E-state index in [0.717, 1.165) is 17.5 Å². The average Bonchev–Trinajstić information content (AvgIpc) is 2.63. The van der Waals surface area contributed by atoms with Crippen LogP contribution >= 0.6 is 0 Å². The van der Waals surface area contributed by atoms with E-state index in [9.17, 15) is 13.2 Å². The molecule has 0 atom stereocenters. The van der Waals surface area contributed by atoms with E-state index in [1.54, 1.807) is 0 Å². The lowest BCUT2D eigenvalue weighted by Crippen LogP contribution is -2.38. The van der Waals surface area contributed by atoms with Gasteiger partial charge < -0.3 is 15.8 Å². The second-order valence-electron chi connectivity index (χ2n) is 7.40. The van der Waals surface area contributed by atoms with Crippen LogP contribution < -0.4 is 15.8 Å². The number of pyridine rings is 1. The molecule has 1 aromatic rings. The second-order valence-corrected chi connectivity index (χ2v) is 9.05. The molecule has 1 aromatic heterocycles. The summed E-state index contributed by atoms with van der Waals surface area (Å²) in [6.07, 6.45) is 1.55. The predicted molar refractivity (Wildman–Crippen MR) is 113 cm³/mol. The average molecular weight is 424 g/mol. The van der Waals surface area contributed by atoms with Gasteiger partial charge in [-0.15, -0.1) is 0 Å². The van der Waals surface area contributed by atoms with E-state index >= 15 is 0 Å². The summed E-state index contributed by atoms with van der Waals surface area (Å²) in [5.74, 6) is 0.0381. The molecule has 0 radical (unpaired) electrons. The maximum atomic E-state index is 12.7. The van der Waals surface area contributed by atoms with E-state index in [2.05, 4.69) is 15.3 Å². The van der Waals surface area contributed by atoms with E-state index in [4.69, 9.17) is 10.5 Å². The van der Waals surface area contributed by atoms with Crippen LogP contribution in [0.1, 0.15) is 62.9 Å². The first-order valence-electron chi connectivity index (χ1n) is 9.51. The molecular formula is C19H29N5O4S. The van der Waals surface area contributed by atoms with Crippen molar-refractivity contribution in [3.05, 3.63) is 34.1 Å². The first-order valence-corrected chi connectivity index (χ1v) is 11.0. The van der Waals surface area contributed by atoms with E-state index in [-0.39, 0.29) is 22.6 Å². The molecule has 2 heterocycles. The number of sulfonamides is 1. The van der Waals surface area contributed by atoms with Crippen LogP contribution in [-0.4, -0.2) is 38.5 Å². The van der Waals surface area contributed by atoms with Gasteiger partial charge in [-0.2, -0.15) is 0 Å². The van der Waals surface area contributed by atoms with Gasteiger partial charge in [0.1, 0.15) is 0 Å². The van der Waals surface area contributed by atoms with Crippen LogP contribution in [0.25, 0.3) is 0 Å². The van der Waals surface area contributed by atoms with Gasteiger partial charge in [0.15, 0.2) is 4.91 Å². The lowest BCUT2D eigenvalue weighted by molar-refractivity contribution is 0.256. The summed E-state index contributed by atoms with van der Waals surface area (Å²) in [5.41, 5.74) is 8.39. The molecule has 160 valence electrons. The van der Waals surface area contributed by atoms with Gasteiger partial charge in [-0.3, -0.25) is 9.98 Å². The number of carbonyl (C=O) groups excluding carboxylic acids is 1. The molecule has 1 aliphatic rings. The molecule has 0 saturated carbocycles. The number of aromatic nitrogens is 1. The van der Waals surface area contributed by atoms with Crippen molar-refractivity contribution in [1.82, 2.24) is 9.71 Å². The number of aliphatic imine (C=N–C) groups is 1. The number of hydrogen-bond donors (Lipinski definition) is 3. The molecule has 0 bridgehead atoms. The number of amides is 2. The van der Waals surface area contributed by atoms with Crippen molar-refractivity contribution in [3.63, 3.8) is 0 Å². The highest BCUT2D eigenvalue weighted by Gasteiger charge is 2.28. The minimum absolute atomic E-state index is 0.0313. The Balaban J connectivity index is 2.32. The van der Waals surface area contributed by atoms with Gasteiger partial charge in [-0.25, -0.2) is 17.9 Å². The highest BCUT2D eigenvalue weighted by Crippen LogP contribution is 2.31. The topological polar surface area (TPSA) is 136 Å². The molecule has 10 heteroatoms. The SMILES string of the molecule is Cc1cc(C(C)C)c(NC(=O)NS(=O)(=O)C(=CN)C2=NCCCO2)c(C(C)C)n1. The summed E-state index contributed by atoms with van der Waals surface area (Å²) in [5, 5.41) is 2.67. The number of aryl methyl sites for hydroxylation is 1. The summed E-state index contributed by atoms with van der Waals surface area (Å²) in [6, 6.07) is 0.978. The summed E-state index contributed by atoms with van der Waals surface area (Å²) in [6.45, 7) is 10.6. The number of nitrogens with zero attached hydrogens (tertiary/aromatic N) is 2. The summed E-state index contributed by atoms with van der Waals surface area (Å²) < 4.78 is 32.6. The Morgan fingerprint density at radius 2 is 1.97 bits per heavy atom. The Labute approximate surface area is 171 Å². The lowest BCUT2D eigenvalue weighted by Gasteiger charge is -2.21. The fourth-order valence-corrected chi connectivity index (χ4v) is 3.87. The smallest absolute Gasteiger partial charge is 0.333 e. The summed E-state index contributed by atoms with van der Waals surface area (Å²) in [7, 11) is -4.27. The highest BCUT2D eigenvalue weighted by molar-refractivity contribution is 7.94. The van der Waals surface area contributed by atoms with Crippen molar-refractivity contribution in [2.45, 2.75) is 52.9 Å². The molecule has 0 saturated heterocycles. The number of anilines is 1. The zero-order chi connectivity index (χ0) is 21.8. The van der Waals surface area contributed by atoms with E-state index in [0.29, 0.717) is 31.0 Å². The van der Waals surface area contributed by atoms with Crippen LogP contribution in [0.3, 0.4) is 0 Å². The van der Waals surface area contributed by atoms with Gasteiger partial charge in [-0.1, -0.05) is 27.7 Å².